The number of carbonyl (C=O) groups excluding carboxylic acids is 1. The molecule has 1 amide bonds. The summed E-state index contributed by atoms with van der Waals surface area (Å²) in [4.78, 5) is 26.0. The summed E-state index contributed by atoms with van der Waals surface area (Å²) >= 11 is 0. The van der Waals surface area contributed by atoms with E-state index in [0.29, 0.717) is 42.2 Å². The minimum atomic E-state index is -0.868. The van der Waals surface area contributed by atoms with Gasteiger partial charge in [0.2, 0.25) is 11.9 Å². The lowest BCUT2D eigenvalue weighted by atomic mass is 9.92. The molecule has 1 unspecified atom stereocenters. The highest BCUT2D eigenvalue weighted by molar-refractivity contribution is 5.87. The molecule has 0 saturated carbocycles. The third-order valence-electron chi connectivity index (χ3n) is 7.33. The standard InChI is InChI=1S/C28H32F2N6O4/c1-4-22(37)33-17-7-10-40-14-19(17)35-28-32-13-16-11-18(23-24(29)20(38-2)12-21(39-3)25(23)30)34-26(27(16)36-28)15-5-8-31-9-6-15/h4,11-13,15,17,19,31H,1,5-10,14H2,2-3H3,(H,33,37)(H,32,35,36)/t17?,19-/m1/s1. The number of benzene rings is 1. The number of hydrogen-bond donors (Lipinski definition) is 3. The number of anilines is 1. The van der Waals surface area contributed by atoms with Crippen molar-refractivity contribution < 1.29 is 27.8 Å². The Morgan fingerprint density at radius 1 is 1.10 bits per heavy atom. The first-order valence-electron chi connectivity index (χ1n) is 13.2. The van der Waals surface area contributed by atoms with Gasteiger partial charge in [0, 0.05) is 30.2 Å². The number of pyridine rings is 1. The molecule has 5 rings (SSSR count). The number of nitrogens with one attached hydrogen (secondary N) is 3. The Bertz CT molecular complexity index is 1390. The molecule has 2 fully saturated rings. The molecule has 0 spiro atoms. The van der Waals surface area contributed by atoms with E-state index in [1.807, 2.05) is 0 Å². The Balaban J connectivity index is 1.59. The third kappa shape index (κ3) is 5.54. The number of aromatic nitrogens is 3. The second kappa shape index (κ2) is 12.1. The molecule has 3 aromatic rings. The molecule has 2 saturated heterocycles. The van der Waals surface area contributed by atoms with E-state index in [4.69, 9.17) is 24.2 Å². The van der Waals surface area contributed by atoms with Crippen molar-refractivity contribution in [3.8, 4) is 22.8 Å². The van der Waals surface area contributed by atoms with E-state index < -0.39 is 11.6 Å². The van der Waals surface area contributed by atoms with Gasteiger partial charge in [-0.25, -0.2) is 18.7 Å². The molecule has 40 heavy (non-hydrogen) atoms. The zero-order valence-electron chi connectivity index (χ0n) is 22.4. The van der Waals surface area contributed by atoms with Crippen molar-refractivity contribution in [1.82, 2.24) is 25.6 Å². The minimum Gasteiger partial charge on any atom is -0.494 e. The molecule has 2 aliphatic rings. The number of methoxy groups -OCH3 is 2. The van der Waals surface area contributed by atoms with Gasteiger partial charge in [-0.3, -0.25) is 9.78 Å². The maximum atomic E-state index is 15.4. The fraction of sp³-hybridized carbons (Fsp3) is 0.429. The van der Waals surface area contributed by atoms with Gasteiger partial charge in [-0.1, -0.05) is 6.58 Å². The lowest BCUT2D eigenvalue weighted by molar-refractivity contribution is -0.117. The van der Waals surface area contributed by atoms with Crippen molar-refractivity contribution in [2.75, 3.05) is 45.8 Å². The number of rotatable bonds is 8. The lowest BCUT2D eigenvalue weighted by Gasteiger charge is -2.32. The van der Waals surface area contributed by atoms with E-state index in [9.17, 15) is 4.79 Å². The molecule has 0 bridgehead atoms. The molecule has 1 aromatic carbocycles. The van der Waals surface area contributed by atoms with Crippen molar-refractivity contribution in [3.05, 3.63) is 48.3 Å². The van der Waals surface area contributed by atoms with Gasteiger partial charge < -0.3 is 30.2 Å². The SMILES string of the molecule is C=CC(=O)NC1CCOC[C@H]1Nc1ncc2cc(-c3c(F)c(OC)cc(OC)c3F)nc(C3CCNCC3)c2n1. The minimum absolute atomic E-state index is 0.0164. The number of ether oxygens (including phenoxy) is 3. The van der Waals surface area contributed by atoms with Crippen LogP contribution in [0.5, 0.6) is 11.5 Å². The zero-order chi connectivity index (χ0) is 28.2. The first kappa shape index (κ1) is 27.7. The molecular formula is C28H32F2N6O4. The van der Waals surface area contributed by atoms with Gasteiger partial charge >= 0.3 is 0 Å². The van der Waals surface area contributed by atoms with Crippen LogP contribution >= 0.6 is 0 Å². The molecule has 2 aromatic heterocycles. The molecule has 4 heterocycles. The topological polar surface area (TPSA) is 120 Å². The highest BCUT2D eigenvalue weighted by Crippen LogP contribution is 2.39. The summed E-state index contributed by atoms with van der Waals surface area (Å²) in [5.41, 5.74) is 0.990. The van der Waals surface area contributed by atoms with Crippen LogP contribution in [0.1, 0.15) is 30.9 Å². The van der Waals surface area contributed by atoms with Crippen molar-refractivity contribution >= 4 is 22.8 Å². The molecule has 2 aliphatic heterocycles. The van der Waals surface area contributed by atoms with E-state index in [2.05, 4.69) is 27.5 Å². The first-order valence-corrected chi connectivity index (χ1v) is 13.2. The van der Waals surface area contributed by atoms with Crippen molar-refractivity contribution in [2.45, 2.75) is 37.3 Å². The van der Waals surface area contributed by atoms with Crippen molar-refractivity contribution in [3.63, 3.8) is 0 Å². The van der Waals surface area contributed by atoms with Crippen LogP contribution in [0, 0.1) is 11.6 Å². The molecule has 10 nitrogen and oxygen atoms in total. The Kier molecular flexibility index (Phi) is 8.36. The summed E-state index contributed by atoms with van der Waals surface area (Å²) in [5.74, 6) is -1.95. The first-order chi connectivity index (χ1) is 19.4. The van der Waals surface area contributed by atoms with Crippen molar-refractivity contribution in [1.29, 1.82) is 0 Å². The maximum Gasteiger partial charge on any atom is 0.243 e. The largest absolute Gasteiger partial charge is 0.494 e. The number of halogens is 2. The quantitative estimate of drug-likeness (QED) is 0.360. The molecule has 0 aliphatic carbocycles. The van der Waals surface area contributed by atoms with Gasteiger partial charge in [-0.15, -0.1) is 0 Å². The van der Waals surface area contributed by atoms with Gasteiger partial charge in [0.25, 0.3) is 0 Å². The van der Waals surface area contributed by atoms with Gasteiger partial charge in [0.05, 0.1) is 55.4 Å². The monoisotopic (exact) mass is 554 g/mol. The van der Waals surface area contributed by atoms with E-state index in [1.54, 1.807) is 12.3 Å². The number of carbonyl (C=O) groups is 1. The lowest BCUT2D eigenvalue weighted by Crippen LogP contribution is -2.52. The number of amides is 1. The van der Waals surface area contributed by atoms with Gasteiger partial charge in [0.1, 0.15) is 0 Å². The highest BCUT2D eigenvalue weighted by atomic mass is 19.1. The summed E-state index contributed by atoms with van der Waals surface area (Å²) in [6, 6.07) is 2.28. The Hall–Kier alpha value is -3.90. The smallest absolute Gasteiger partial charge is 0.243 e. The van der Waals surface area contributed by atoms with Crippen LogP contribution in [0.4, 0.5) is 14.7 Å². The van der Waals surface area contributed by atoms with Crippen LogP contribution in [0.25, 0.3) is 22.2 Å². The molecular weight excluding hydrogens is 522 g/mol. The second-order valence-electron chi connectivity index (χ2n) is 9.77. The fourth-order valence-electron chi connectivity index (χ4n) is 5.21. The fourth-order valence-corrected chi connectivity index (χ4v) is 5.21. The Morgan fingerprint density at radius 3 is 2.50 bits per heavy atom. The van der Waals surface area contributed by atoms with Gasteiger partial charge in [-0.2, -0.15) is 0 Å². The van der Waals surface area contributed by atoms with Crippen LogP contribution in [-0.2, 0) is 9.53 Å². The number of hydrogen-bond acceptors (Lipinski definition) is 9. The van der Waals surface area contributed by atoms with Gasteiger partial charge in [-0.05, 0) is 44.5 Å². The Labute approximate surface area is 230 Å². The predicted octanol–water partition coefficient (Wildman–Crippen LogP) is 3.33. The summed E-state index contributed by atoms with van der Waals surface area (Å²) < 4.78 is 46.7. The number of nitrogens with zero attached hydrogens (tertiary/aromatic N) is 3. The van der Waals surface area contributed by atoms with Crippen LogP contribution < -0.4 is 25.4 Å². The average molecular weight is 555 g/mol. The number of piperidine rings is 1. The maximum absolute atomic E-state index is 15.4. The Morgan fingerprint density at radius 2 is 1.82 bits per heavy atom. The molecule has 2 atom stereocenters. The van der Waals surface area contributed by atoms with Gasteiger partial charge in [0.15, 0.2) is 23.1 Å². The second-order valence-corrected chi connectivity index (χ2v) is 9.77. The van der Waals surface area contributed by atoms with Crippen LogP contribution in [0.3, 0.4) is 0 Å². The van der Waals surface area contributed by atoms with Crippen LogP contribution in [0.2, 0.25) is 0 Å². The average Bonchev–Trinajstić information content (AvgIpc) is 2.98. The van der Waals surface area contributed by atoms with Crippen LogP contribution in [-0.4, -0.2) is 73.5 Å². The van der Waals surface area contributed by atoms with E-state index in [0.717, 1.165) is 25.9 Å². The molecule has 0 radical (unpaired) electrons. The number of fused-ring (bicyclic) bond motifs is 1. The summed E-state index contributed by atoms with van der Waals surface area (Å²) in [5, 5.41) is 10.1. The van der Waals surface area contributed by atoms with Crippen LogP contribution in [0.15, 0.2) is 31.0 Å². The normalized spacial score (nSPS) is 19.7. The predicted molar refractivity (Wildman–Crippen MR) is 146 cm³/mol. The summed E-state index contributed by atoms with van der Waals surface area (Å²) in [7, 11) is 2.61. The van der Waals surface area contributed by atoms with E-state index >= 15 is 8.78 Å². The summed E-state index contributed by atoms with van der Waals surface area (Å²) in [6.45, 7) is 5.97. The molecule has 212 valence electrons. The third-order valence-corrected chi connectivity index (χ3v) is 7.33. The zero-order valence-corrected chi connectivity index (χ0v) is 22.4. The van der Waals surface area contributed by atoms with E-state index in [-0.39, 0.29) is 46.7 Å². The highest BCUT2D eigenvalue weighted by Gasteiger charge is 2.29. The molecule has 12 heteroatoms. The molecule has 3 N–H and O–H groups in total. The van der Waals surface area contributed by atoms with Crippen molar-refractivity contribution in [2.24, 2.45) is 0 Å². The van der Waals surface area contributed by atoms with E-state index in [1.165, 1.54) is 26.4 Å². The summed E-state index contributed by atoms with van der Waals surface area (Å²) in [6.07, 6.45) is 5.04.